The standard InChI is InChI=1S/C19H18Cl2IN3O4/c1-3-29-15-8-11(7-13(22)19(15)28-2)10-23-25-17(27)9-16(26)24-14-6-4-5-12(20)18(14)21/h4-8,10H,3,9H2,1-2H3,(H,24,26)(H,25,27). The summed E-state index contributed by atoms with van der Waals surface area (Å²) in [5, 5.41) is 6.93. The number of ether oxygens (including phenoxy) is 2. The lowest BCUT2D eigenvalue weighted by Gasteiger charge is -2.11. The molecule has 154 valence electrons. The number of halogens is 3. The largest absolute Gasteiger partial charge is 0.492 e. The molecule has 0 aliphatic rings. The summed E-state index contributed by atoms with van der Waals surface area (Å²) >= 11 is 14.0. The summed E-state index contributed by atoms with van der Waals surface area (Å²) in [6.07, 6.45) is 1.03. The number of nitrogens with zero attached hydrogens (tertiary/aromatic N) is 1. The van der Waals surface area contributed by atoms with Gasteiger partial charge in [0.25, 0.3) is 0 Å². The van der Waals surface area contributed by atoms with E-state index in [0.29, 0.717) is 34.4 Å². The van der Waals surface area contributed by atoms with Crippen molar-refractivity contribution in [2.75, 3.05) is 19.0 Å². The molecular weight excluding hydrogens is 532 g/mol. The summed E-state index contributed by atoms with van der Waals surface area (Å²) in [7, 11) is 1.57. The van der Waals surface area contributed by atoms with E-state index in [-0.39, 0.29) is 5.02 Å². The van der Waals surface area contributed by atoms with Crippen LogP contribution in [0.3, 0.4) is 0 Å². The van der Waals surface area contributed by atoms with E-state index in [1.54, 1.807) is 31.4 Å². The minimum absolute atomic E-state index is 0.208. The summed E-state index contributed by atoms with van der Waals surface area (Å²) in [5.74, 6) is 0.0853. The lowest BCUT2D eigenvalue weighted by Crippen LogP contribution is -2.24. The van der Waals surface area contributed by atoms with E-state index in [1.807, 2.05) is 13.0 Å². The van der Waals surface area contributed by atoms with Crippen molar-refractivity contribution >= 4 is 69.5 Å². The Morgan fingerprint density at radius 1 is 1.24 bits per heavy atom. The van der Waals surface area contributed by atoms with Gasteiger partial charge in [0.05, 0.1) is 39.2 Å². The lowest BCUT2D eigenvalue weighted by molar-refractivity contribution is -0.126. The van der Waals surface area contributed by atoms with Gasteiger partial charge in [0.1, 0.15) is 6.42 Å². The number of amides is 2. The molecule has 2 rings (SSSR count). The van der Waals surface area contributed by atoms with Crippen molar-refractivity contribution < 1.29 is 19.1 Å². The number of anilines is 1. The van der Waals surface area contributed by atoms with Gasteiger partial charge in [-0.3, -0.25) is 9.59 Å². The fraction of sp³-hybridized carbons (Fsp3) is 0.211. The zero-order chi connectivity index (χ0) is 21.4. The third-order valence-corrected chi connectivity index (χ3v) is 5.11. The highest BCUT2D eigenvalue weighted by Crippen LogP contribution is 2.33. The Labute approximate surface area is 191 Å². The van der Waals surface area contributed by atoms with Crippen LogP contribution < -0.4 is 20.2 Å². The van der Waals surface area contributed by atoms with E-state index < -0.39 is 18.2 Å². The molecule has 0 aliphatic carbocycles. The van der Waals surface area contributed by atoms with Gasteiger partial charge in [-0.1, -0.05) is 29.3 Å². The molecule has 2 aromatic carbocycles. The Bertz CT molecular complexity index is 938. The van der Waals surface area contributed by atoms with E-state index >= 15 is 0 Å². The second-order valence-corrected chi connectivity index (χ2v) is 7.53. The number of hydrogen-bond donors (Lipinski definition) is 2. The summed E-state index contributed by atoms with van der Waals surface area (Å²) < 4.78 is 11.7. The second-order valence-electron chi connectivity index (χ2n) is 5.59. The second kappa shape index (κ2) is 11.2. The summed E-state index contributed by atoms with van der Waals surface area (Å²) in [5.41, 5.74) is 3.34. The first kappa shape index (κ1) is 23.2. The van der Waals surface area contributed by atoms with Gasteiger partial charge in [-0.2, -0.15) is 5.10 Å². The molecule has 0 saturated heterocycles. The third-order valence-electron chi connectivity index (χ3n) is 3.49. The molecular formula is C19H18Cl2IN3O4. The maximum Gasteiger partial charge on any atom is 0.249 e. The Kier molecular flexibility index (Phi) is 8.99. The van der Waals surface area contributed by atoms with Crippen molar-refractivity contribution in [2.45, 2.75) is 13.3 Å². The maximum absolute atomic E-state index is 12.0. The number of nitrogens with one attached hydrogen (secondary N) is 2. The zero-order valence-electron chi connectivity index (χ0n) is 15.6. The summed E-state index contributed by atoms with van der Waals surface area (Å²) in [6, 6.07) is 8.39. The maximum atomic E-state index is 12.0. The van der Waals surface area contributed by atoms with Crippen molar-refractivity contribution in [1.82, 2.24) is 5.43 Å². The van der Waals surface area contributed by atoms with Crippen molar-refractivity contribution in [2.24, 2.45) is 5.10 Å². The highest BCUT2D eigenvalue weighted by Gasteiger charge is 2.13. The summed E-state index contributed by atoms with van der Waals surface area (Å²) in [6.45, 7) is 2.35. The van der Waals surface area contributed by atoms with Crippen molar-refractivity contribution in [3.05, 3.63) is 49.5 Å². The van der Waals surface area contributed by atoms with Crippen LogP contribution in [-0.4, -0.2) is 31.7 Å². The lowest BCUT2D eigenvalue weighted by atomic mass is 10.2. The smallest absolute Gasteiger partial charge is 0.249 e. The van der Waals surface area contributed by atoms with E-state index in [4.69, 9.17) is 32.7 Å². The highest BCUT2D eigenvalue weighted by atomic mass is 127. The number of carbonyl (C=O) groups is 2. The SMILES string of the molecule is CCOc1cc(C=NNC(=O)CC(=O)Nc2cccc(Cl)c2Cl)cc(I)c1OC. The molecule has 0 spiro atoms. The molecule has 2 aromatic rings. The molecule has 0 heterocycles. The fourth-order valence-corrected chi connectivity index (χ4v) is 3.48. The topological polar surface area (TPSA) is 89.0 Å². The summed E-state index contributed by atoms with van der Waals surface area (Å²) in [4.78, 5) is 23.9. The fourth-order valence-electron chi connectivity index (χ4n) is 2.28. The van der Waals surface area contributed by atoms with Crippen LogP contribution in [0.2, 0.25) is 10.0 Å². The number of benzene rings is 2. The van der Waals surface area contributed by atoms with E-state index in [9.17, 15) is 9.59 Å². The average molecular weight is 550 g/mol. The van der Waals surface area contributed by atoms with Crippen LogP contribution in [-0.2, 0) is 9.59 Å². The van der Waals surface area contributed by atoms with Crippen LogP contribution in [0, 0.1) is 3.57 Å². The Hall–Kier alpha value is -2.04. The minimum atomic E-state index is -0.579. The number of hydrogen-bond acceptors (Lipinski definition) is 5. The van der Waals surface area contributed by atoms with Crippen LogP contribution in [0.1, 0.15) is 18.9 Å². The average Bonchev–Trinajstić information content (AvgIpc) is 2.65. The van der Waals surface area contributed by atoms with E-state index in [1.165, 1.54) is 6.21 Å². The van der Waals surface area contributed by atoms with Crippen LogP contribution in [0.25, 0.3) is 0 Å². The first-order chi connectivity index (χ1) is 13.8. The van der Waals surface area contributed by atoms with Gasteiger partial charge in [-0.25, -0.2) is 5.43 Å². The molecule has 0 unspecified atom stereocenters. The molecule has 0 radical (unpaired) electrons. The van der Waals surface area contributed by atoms with Crippen LogP contribution in [0.5, 0.6) is 11.5 Å². The molecule has 0 fully saturated rings. The Morgan fingerprint density at radius 3 is 2.69 bits per heavy atom. The van der Waals surface area contributed by atoms with Crippen molar-refractivity contribution in [3.8, 4) is 11.5 Å². The number of carbonyl (C=O) groups excluding carboxylic acids is 2. The van der Waals surface area contributed by atoms with Gasteiger partial charge in [-0.05, 0) is 59.3 Å². The van der Waals surface area contributed by atoms with E-state index in [0.717, 1.165) is 3.57 Å². The van der Waals surface area contributed by atoms with Crippen molar-refractivity contribution in [1.29, 1.82) is 0 Å². The van der Waals surface area contributed by atoms with Crippen LogP contribution in [0.4, 0.5) is 5.69 Å². The third kappa shape index (κ3) is 6.76. The first-order valence-electron chi connectivity index (χ1n) is 8.41. The molecule has 0 atom stereocenters. The normalized spacial score (nSPS) is 10.7. The number of hydrazone groups is 1. The molecule has 0 aromatic heterocycles. The Balaban J connectivity index is 1.95. The Morgan fingerprint density at radius 2 is 2.00 bits per heavy atom. The molecule has 2 N–H and O–H groups in total. The van der Waals surface area contributed by atoms with Gasteiger partial charge in [0.15, 0.2) is 11.5 Å². The molecule has 2 amide bonds. The number of methoxy groups -OCH3 is 1. The predicted octanol–water partition coefficient (Wildman–Crippen LogP) is 4.48. The molecule has 7 nitrogen and oxygen atoms in total. The molecule has 0 saturated carbocycles. The number of rotatable bonds is 8. The quantitative estimate of drug-likeness (QED) is 0.220. The van der Waals surface area contributed by atoms with Gasteiger partial charge in [-0.15, -0.1) is 0 Å². The first-order valence-corrected chi connectivity index (χ1v) is 10.2. The monoisotopic (exact) mass is 549 g/mol. The molecule has 29 heavy (non-hydrogen) atoms. The molecule has 10 heteroatoms. The molecule has 0 bridgehead atoms. The highest BCUT2D eigenvalue weighted by molar-refractivity contribution is 14.1. The van der Waals surface area contributed by atoms with Gasteiger partial charge < -0.3 is 14.8 Å². The van der Waals surface area contributed by atoms with Gasteiger partial charge in [0, 0.05) is 0 Å². The van der Waals surface area contributed by atoms with E-state index in [2.05, 4.69) is 38.4 Å². The van der Waals surface area contributed by atoms with Gasteiger partial charge in [0.2, 0.25) is 11.8 Å². The molecule has 0 aliphatic heterocycles. The van der Waals surface area contributed by atoms with Gasteiger partial charge >= 0.3 is 0 Å². The van der Waals surface area contributed by atoms with Crippen LogP contribution >= 0.6 is 45.8 Å². The van der Waals surface area contributed by atoms with Crippen molar-refractivity contribution in [3.63, 3.8) is 0 Å². The van der Waals surface area contributed by atoms with Crippen LogP contribution in [0.15, 0.2) is 35.4 Å². The zero-order valence-corrected chi connectivity index (χ0v) is 19.3. The minimum Gasteiger partial charge on any atom is -0.492 e. The predicted molar refractivity (Wildman–Crippen MR) is 122 cm³/mol.